The third kappa shape index (κ3) is 5.48. The maximum absolute atomic E-state index is 12.4. The first-order chi connectivity index (χ1) is 19.1. The molecule has 1 aromatic carbocycles. The minimum atomic E-state index is -0.900. The Kier molecular flexibility index (Phi) is 8.21. The summed E-state index contributed by atoms with van der Waals surface area (Å²) in [5.74, 6) is 1.13. The summed E-state index contributed by atoms with van der Waals surface area (Å²) in [6, 6.07) is 9.37. The highest BCUT2D eigenvalue weighted by atomic mass is 16.6. The van der Waals surface area contributed by atoms with Crippen LogP contribution in [0.2, 0.25) is 0 Å². The fourth-order valence-electron chi connectivity index (χ4n) is 9.02. The summed E-state index contributed by atoms with van der Waals surface area (Å²) in [5, 5.41) is 16.4. The first-order valence-electron chi connectivity index (χ1n) is 15.1. The van der Waals surface area contributed by atoms with Gasteiger partial charge in [0.1, 0.15) is 5.78 Å². The smallest absolute Gasteiger partial charge is 0.304 e. The Balaban J connectivity index is 1.17. The molecule has 0 aliphatic heterocycles. The third-order valence-electron chi connectivity index (χ3n) is 11.1. The Morgan fingerprint density at radius 2 is 1.82 bits per heavy atom. The third-order valence-corrected chi connectivity index (χ3v) is 11.1. The summed E-state index contributed by atoms with van der Waals surface area (Å²) in [6.45, 7) is 6.67. The van der Waals surface area contributed by atoms with Gasteiger partial charge in [-0.05, 0) is 98.5 Å². The average Bonchev–Trinajstić information content (AvgIpc) is 3.29. The molecule has 4 aliphatic carbocycles. The largest absolute Gasteiger partial charge is 0.481 e. The molecule has 7 nitrogen and oxygen atoms in total. The van der Waals surface area contributed by atoms with Crippen LogP contribution in [0, 0.1) is 34.5 Å². The molecular weight excluding hydrogens is 504 g/mol. The van der Waals surface area contributed by atoms with Crippen LogP contribution in [-0.2, 0) is 19.2 Å². The number of hydrogen-bond acceptors (Lipinski definition) is 5. The highest BCUT2D eigenvalue weighted by molar-refractivity contribution is 5.96. The van der Waals surface area contributed by atoms with E-state index in [1.54, 1.807) is 6.92 Å². The van der Waals surface area contributed by atoms with Gasteiger partial charge in [-0.1, -0.05) is 54.9 Å². The topological polar surface area (TPSA) is 105 Å². The van der Waals surface area contributed by atoms with Crippen LogP contribution in [0.3, 0.4) is 0 Å². The molecule has 3 saturated carbocycles. The summed E-state index contributed by atoms with van der Waals surface area (Å²) in [4.78, 5) is 41.6. The quantitative estimate of drug-likeness (QED) is 0.374. The van der Waals surface area contributed by atoms with Gasteiger partial charge in [0.05, 0.1) is 12.1 Å². The van der Waals surface area contributed by atoms with Gasteiger partial charge in [0, 0.05) is 18.4 Å². The summed E-state index contributed by atoms with van der Waals surface area (Å²) < 4.78 is 0. The highest BCUT2D eigenvalue weighted by Gasteiger charge is 2.59. The lowest BCUT2D eigenvalue weighted by molar-refractivity contribution is -0.137. The van der Waals surface area contributed by atoms with Crippen LogP contribution in [-0.4, -0.2) is 41.6 Å². The van der Waals surface area contributed by atoms with Crippen LogP contribution in [0.4, 0.5) is 0 Å². The molecule has 40 heavy (non-hydrogen) atoms. The number of hydrogen-bond donors (Lipinski definition) is 2. The number of carbonyl (C=O) groups is 3. The molecule has 4 aliphatic rings. The average molecular weight is 549 g/mol. The van der Waals surface area contributed by atoms with Crippen molar-refractivity contribution in [1.82, 2.24) is 5.32 Å². The number of carboxylic acids is 1. The van der Waals surface area contributed by atoms with Crippen molar-refractivity contribution in [3.8, 4) is 0 Å². The normalized spacial score (nSPS) is 34.6. The van der Waals surface area contributed by atoms with Crippen LogP contribution in [0.15, 0.2) is 47.1 Å². The fraction of sp³-hybridized carbons (Fsp3) is 0.636. The Hall–Kier alpha value is -2.96. The van der Waals surface area contributed by atoms with E-state index in [4.69, 9.17) is 4.84 Å². The summed E-state index contributed by atoms with van der Waals surface area (Å²) in [6.07, 6.45) is 10.9. The van der Waals surface area contributed by atoms with Crippen molar-refractivity contribution in [3.63, 3.8) is 0 Å². The summed E-state index contributed by atoms with van der Waals surface area (Å²) in [5.41, 5.74) is 3.59. The Labute approximate surface area is 237 Å². The molecule has 7 atom stereocenters. The van der Waals surface area contributed by atoms with E-state index in [1.807, 2.05) is 30.3 Å². The van der Waals surface area contributed by atoms with Crippen LogP contribution >= 0.6 is 0 Å². The van der Waals surface area contributed by atoms with Gasteiger partial charge in [-0.2, -0.15) is 0 Å². The Morgan fingerprint density at radius 1 is 1.05 bits per heavy atom. The van der Waals surface area contributed by atoms with Gasteiger partial charge in [0.25, 0.3) is 5.91 Å². The van der Waals surface area contributed by atoms with E-state index in [1.165, 1.54) is 24.8 Å². The number of nitrogens with zero attached hydrogens (tertiary/aromatic N) is 1. The molecule has 0 heterocycles. The second kappa shape index (κ2) is 11.5. The molecule has 1 aromatic rings. The molecule has 0 aromatic heterocycles. The molecule has 216 valence electrons. The molecule has 0 spiro atoms. The number of amides is 1. The minimum Gasteiger partial charge on any atom is -0.481 e. The molecule has 0 radical (unpaired) electrons. The maximum Gasteiger partial charge on any atom is 0.304 e. The van der Waals surface area contributed by atoms with E-state index < -0.39 is 5.97 Å². The number of fused-ring (bicyclic) bond motifs is 5. The zero-order valence-corrected chi connectivity index (χ0v) is 24.2. The van der Waals surface area contributed by atoms with Crippen molar-refractivity contribution >= 4 is 23.4 Å². The van der Waals surface area contributed by atoms with Gasteiger partial charge < -0.3 is 15.3 Å². The maximum atomic E-state index is 12.4. The predicted octanol–water partition coefficient (Wildman–Crippen LogP) is 5.90. The Morgan fingerprint density at radius 3 is 2.55 bits per heavy atom. The van der Waals surface area contributed by atoms with Crippen LogP contribution in [0.5, 0.6) is 0 Å². The highest BCUT2D eigenvalue weighted by Crippen LogP contribution is 2.66. The summed E-state index contributed by atoms with van der Waals surface area (Å²) >= 11 is 0. The number of Topliss-reactive ketones (excluding diaryl/α,β-unsaturated/α-hetero) is 1. The number of oxime groups is 1. The van der Waals surface area contributed by atoms with Crippen LogP contribution in [0.1, 0.15) is 90.0 Å². The number of ketones is 1. The molecule has 5 rings (SSSR count). The molecule has 1 amide bonds. The number of aliphatic carboxylic acids is 1. The molecular formula is C33H44N2O5. The molecule has 2 N–H and O–H groups in total. The van der Waals surface area contributed by atoms with Gasteiger partial charge in [0.2, 0.25) is 0 Å². The van der Waals surface area contributed by atoms with E-state index in [9.17, 15) is 19.5 Å². The number of carbonyl (C=O) groups excluding carboxylic acids is 2. The van der Waals surface area contributed by atoms with Gasteiger partial charge in [-0.15, -0.1) is 0 Å². The first-order valence-corrected chi connectivity index (χ1v) is 15.1. The number of allylic oxidation sites excluding steroid dienone is 2. The van der Waals surface area contributed by atoms with Crippen molar-refractivity contribution in [1.29, 1.82) is 0 Å². The van der Waals surface area contributed by atoms with Crippen molar-refractivity contribution < 1.29 is 24.3 Å². The first kappa shape index (κ1) is 28.6. The SMILES string of the molecule is CC(=O)[C@H]1CC[C@@H]2[C@H]3CCC4=CC(=NOCC(=O)NC[C@@H](CC(=O)O)c5ccccc5)CC[C@]4(C)[C@H]3CC[C@]12C. The van der Waals surface area contributed by atoms with Crippen LogP contribution < -0.4 is 5.32 Å². The van der Waals surface area contributed by atoms with E-state index >= 15 is 0 Å². The lowest BCUT2D eigenvalue weighted by atomic mass is 9.46. The molecule has 0 saturated heterocycles. The van der Waals surface area contributed by atoms with Crippen LogP contribution in [0.25, 0.3) is 0 Å². The lowest BCUT2D eigenvalue weighted by Gasteiger charge is -2.58. The van der Waals surface area contributed by atoms with Crippen molar-refractivity contribution in [2.45, 2.75) is 84.5 Å². The van der Waals surface area contributed by atoms with Crippen molar-refractivity contribution in [3.05, 3.63) is 47.5 Å². The number of nitrogens with one attached hydrogen (secondary N) is 1. The minimum absolute atomic E-state index is 0.0566. The monoisotopic (exact) mass is 548 g/mol. The van der Waals surface area contributed by atoms with Crippen molar-refractivity contribution in [2.24, 2.45) is 39.7 Å². The van der Waals surface area contributed by atoms with E-state index in [0.717, 1.165) is 43.4 Å². The van der Waals surface area contributed by atoms with Gasteiger partial charge in [0.15, 0.2) is 6.61 Å². The second-order valence-corrected chi connectivity index (χ2v) is 13.2. The lowest BCUT2D eigenvalue weighted by Crippen LogP contribution is -2.51. The molecule has 0 bridgehead atoms. The van der Waals surface area contributed by atoms with E-state index in [-0.39, 0.29) is 48.1 Å². The number of rotatable bonds is 9. The van der Waals surface area contributed by atoms with E-state index in [2.05, 4.69) is 30.4 Å². The Bertz CT molecular complexity index is 1190. The number of carboxylic acid groups (broad SMARTS) is 1. The second-order valence-electron chi connectivity index (χ2n) is 13.2. The predicted molar refractivity (Wildman–Crippen MR) is 154 cm³/mol. The van der Waals surface area contributed by atoms with Gasteiger partial charge >= 0.3 is 5.97 Å². The molecule has 3 fully saturated rings. The standard InChI is InChI=1S/C33H44N2O5/c1-21(36)27-11-12-28-26-10-9-24-18-25(13-15-32(24,2)29(26)14-16-33(27,28)3)35-40-20-30(37)34-19-23(17-31(38)39)22-7-5-4-6-8-22/h4-8,18,23,26-29H,9-17,19-20H2,1-3H3,(H,34,37)(H,38,39)/t23-,26-,27-,28-,29+,32+,33-/m1/s1. The number of benzene rings is 1. The summed E-state index contributed by atoms with van der Waals surface area (Å²) in [7, 11) is 0. The van der Waals surface area contributed by atoms with Crippen molar-refractivity contribution in [2.75, 3.05) is 13.2 Å². The van der Waals surface area contributed by atoms with Gasteiger partial charge in [-0.3, -0.25) is 14.4 Å². The fourth-order valence-corrected chi connectivity index (χ4v) is 9.02. The molecule has 0 unspecified atom stereocenters. The molecule has 7 heteroatoms. The van der Waals surface area contributed by atoms with Gasteiger partial charge in [-0.25, -0.2) is 0 Å². The zero-order valence-electron chi connectivity index (χ0n) is 24.2. The zero-order chi connectivity index (χ0) is 28.5. The van der Waals surface area contributed by atoms with E-state index in [0.29, 0.717) is 23.5 Å².